The minimum absolute atomic E-state index is 0.0307. The van der Waals surface area contributed by atoms with Crippen molar-refractivity contribution in [2.75, 3.05) is 6.54 Å². The standard InChI is InChI=1S/C33H59N5O7/c1-9-10-11-12-13-14-15-16-24-18-26(39)34-19-27(40)37-28(21(4)5)32(43)36-25(17-20(2)3)31(42)35-23(8)30(41)38-29(22(6)7)33(44)45-24/h20-25,28-29H,9-19H2,1-8H3,(H,34,39)(H,35,42)(H,36,43)(H,37,40)(H,38,41)/t23-,24-,25-,28+,29-/m1/s1. The van der Waals surface area contributed by atoms with Crippen LogP contribution in [0.2, 0.25) is 0 Å². The van der Waals surface area contributed by atoms with Gasteiger partial charge in [-0.25, -0.2) is 4.79 Å². The van der Waals surface area contributed by atoms with E-state index in [0.717, 1.165) is 32.1 Å². The second-order valence-electron chi connectivity index (χ2n) is 13.4. The largest absolute Gasteiger partial charge is 0.460 e. The molecule has 0 aromatic carbocycles. The van der Waals surface area contributed by atoms with Gasteiger partial charge in [0.25, 0.3) is 0 Å². The number of cyclic esters (lactones) is 1. The first-order valence-electron chi connectivity index (χ1n) is 16.8. The van der Waals surface area contributed by atoms with Crippen molar-refractivity contribution >= 4 is 35.5 Å². The molecule has 1 aliphatic heterocycles. The topological polar surface area (TPSA) is 172 Å². The Morgan fingerprint density at radius 2 is 1.29 bits per heavy atom. The number of hydrogen-bond donors (Lipinski definition) is 5. The number of carbonyl (C=O) groups is 6. The molecule has 5 N–H and O–H groups in total. The lowest BCUT2D eigenvalue weighted by atomic mass is 9.99. The summed E-state index contributed by atoms with van der Waals surface area (Å²) >= 11 is 0. The number of carbonyl (C=O) groups excluding carboxylic acids is 6. The van der Waals surface area contributed by atoms with Gasteiger partial charge in [0.15, 0.2) is 0 Å². The molecule has 1 rings (SSSR count). The van der Waals surface area contributed by atoms with Crippen molar-refractivity contribution in [3.05, 3.63) is 0 Å². The summed E-state index contributed by atoms with van der Waals surface area (Å²) in [5.41, 5.74) is 0. The summed E-state index contributed by atoms with van der Waals surface area (Å²) in [6.07, 6.45) is 7.23. The Kier molecular flexibility index (Phi) is 18.4. The highest BCUT2D eigenvalue weighted by Gasteiger charge is 2.33. The smallest absolute Gasteiger partial charge is 0.329 e. The van der Waals surface area contributed by atoms with E-state index in [-0.39, 0.29) is 30.7 Å². The molecule has 0 spiro atoms. The van der Waals surface area contributed by atoms with Crippen LogP contribution in [0.5, 0.6) is 0 Å². The minimum atomic E-state index is -1.02. The average Bonchev–Trinajstić information content (AvgIpc) is 2.95. The van der Waals surface area contributed by atoms with Gasteiger partial charge in [-0.15, -0.1) is 0 Å². The van der Waals surface area contributed by atoms with Crippen molar-refractivity contribution in [3.8, 4) is 0 Å². The predicted octanol–water partition coefficient (Wildman–Crippen LogP) is 2.88. The SMILES string of the molecule is CCCCCCCCC[C@@H]1CC(=O)NCC(=O)N[C@@H](C(C)C)C(=O)N[C@H](CC(C)C)C(=O)N[C@H](C)C(=O)N[C@H](C(C)C)C(=O)O1. The lowest BCUT2D eigenvalue weighted by Crippen LogP contribution is -2.58. The van der Waals surface area contributed by atoms with Crippen LogP contribution in [0.4, 0.5) is 0 Å². The molecule has 0 saturated carbocycles. The lowest BCUT2D eigenvalue weighted by molar-refractivity contribution is -0.156. The lowest BCUT2D eigenvalue weighted by Gasteiger charge is -2.27. The van der Waals surface area contributed by atoms with Crippen molar-refractivity contribution in [1.82, 2.24) is 26.6 Å². The van der Waals surface area contributed by atoms with Crippen LogP contribution in [0.15, 0.2) is 0 Å². The molecule has 0 aromatic heterocycles. The predicted molar refractivity (Wildman–Crippen MR) is 173 cm³/mol. The number of nitrogens with one attached hydrogen (secondary N) is 5. The van der Waals surface area contributed by atoms with E-state index in [1.165, 1.54) is 19.8 Å². The van der Waals surface area contributed by atoms with Crippen molar-refractivity contribution in [2.45, 2.75) is 150 Å². The van der Waals surface area contributed by atoms with Gasteiger partial charge >= 0.3 is 5.97 Å². The van der Waals surface area contributed by atoms with Gasteiger partial charge in [0.2, 0.25) is 29.5 Å². The second kappa shape index (κ2) is 20.8. The van der Waals surface area contributed by atoms with Crippen LogP contribution >= 0.6 is 0 Å². The van der Waals surface area contributed by atoms with Crippen LogP contribution in [-0.2, 0) is 33.5 Å². The number of unbranched alkanes of at least 4 members (excludes halogenated alkanes) is 6. The van der Waals surface area contributed by atoms with Gasteiger partial charge < -0.3 is 31.3 Å². The van der Waals surface area contributed by atoms with Gasteiger partial charge in [-0.2, -0.15) is 0 Å². The fraction of sp³-hybridized carbons (Fsp3) is 0.818. The van der Waals surface area contributed by atoms with Crippen molar-refractivity contribution < 1.29 is 33.5 Å². The van der Waals surface area contributed by atoms with Gasteiger partial charge in [-0.3, -0.25) is 24.0 Å². The summed E-state index contributed by atoms with van der Waals surface area (Å²) in [4.78, 5) is 78.7. The van der Waals surface area contributed by atoms with Gasteiger partial charge in [0, 0.05) is 0 Å². The summed E-state index contributed by atoms with van der Waals surface area (Å²) in [7, 11) is 0. The molecular weight excluding hydrogens is 578 g/mol. The fourth-order valence-corrected chi connectivity index (χ4v) is 5.11. The van der Waals surface area contributed by atoms with Crippen LogP contribution in [0.1, 0.15) is 120 Å². The van der Waals surface area contributed by atoms with Crippen molar-refractivity contribution in [3.63, 3.8) is 0 Å². The number of hydrogen-bond acceptors (Lipinski definition) is 7. The molecule has 0 aliphatic carbocycles. The summed E-state index contributed by atoms with van der Waals surface area (Å²) in [6, 6.07) is -3.96. The highest BCUT2D eigenvalue weighted by molar-refractivity contribution is 5.95. The molecular formula is C33H59N5O7. The molecule has 45 heavy (non-hydrogen) atoms. The zero-order valence-electron chi connectivity index (χ0n) is 28.8. The maximum absolute atomic E-state index is 13.3. The third-order valence-electron chi connectivity index (χ3n) is 7.85. The number of esters is 1. The van der Waals surface area contributed by atoms with Gasteiger partial charge in [-0.1, -0.05) is 87.0 Å². The normalized spacial score (nSPS) is 25.0. The Labute approximate surface area is 269 Å². The van der Waals surface area contributed by atoms with E-state index in [1.807, 2.05) is 13.8 Å². The Morgan fingerprint density at radius 3 is 1.87 bits per heavy atom. The van der Waals surface area contributed by atoms with E-state index >= 15 is 0 Å². The molecule has 12 heteroatoms. The Bertz CT molecular complexity index is 984. The molecule has 258 valence electrons. The molecule has 1 saturated heterocycles. The van der Waals surface area contributed by atoms with Crippen LogP contribution in [0, 0.1) is 17.8 Å². The first-order valence-corrected chi connectivity index (χ1v) is 16.8. The quantitative estimate of drug-likeness (QED) is 0.162. The molecule has 5 amide bonds. The summed E-state index contributed by atoms with van der Waals surface area (Å²) in [6.45, 7) is 14.1. The summed E-state index contributed by atoms with van der Waals surface area (Å²) in [5.74, 6) is -4.02. The van der Waals surface area contributed by atoms with Crippen molar-refractivity contribution in [2.24, 2.45) is 17.8 Å². The van der Waals surface area contributed by atoms with E-state index < -0.39 is 65.8 Å². The third kappa shape index (κ3) is 15.6. The first-order chi connectivity index (χ1) is 21.2. The molecule has 0 aromatic rings. The molecule has 5 atom stereocenters. The minimum Gasteiger partial charge on any atom is -0.460 e. The van der Waals surface area contributed by atoms with E-state index in [4.69, 9.17) is 4.74 Å². The maximum atomic E-state index is 13.3. The highest BCUT2D eigenvalue weighted by Crippen LogP contribution is 2.16. The Morgan fingerprint density at radius 1 is 0.689 bits per heavy atom. The van der Waals surface area contributed by atoms with Gasteiger partial charge in [-0.05, 0) is 43.9 Å². The molecule has 0 radical (unpaired) electrons. The number of rotatable bonds is 12. The Balaban J connectivity index is 3.25. The van der Waals surface area contributed by atoms with Crippen LogP contribution in [0.3, 0.4) is 0 Å². The number of amides is 5. The first kappa shape index (κ1) is 39.8. The maximum Gasteiger partial charge on any atom is 0.329 e. The molecule has 1 aliphatic rings. The van der Waals surface area contributed by atoms with E-state index in [9.17, 15) is 28.8 Å². The highest BCUT2D eigenvalue weighted by atomic mass is 16.5. The zero-order chi connectivity index (χ0) is 34.1. The van der Waals surface area contributed by atoms with Gasteiger partial charge in [0.1, 0.15) is 30.3 Å². The summed E-state index contributed by atoms with van der Waals surface area (Å²) in [5, 5.41) is 13.3. The Hall–Kier alpha value is -3.18. The van der Waals surface area contributed by atoms with E-state index in [0.29, 0.717) is 12.8 Å². The van der Waals surface area contributed by atoms with Gasteiger partial charge in [0.05, 0.1) is 13.0 Å². The van der Waals surface area contributed by atoms with Crippen LogP contribution < -0.4 is 26.6 Å². The van der Waals surface area contributed by atoms with Crippen molar-refractivity contribution in [1.29, 1.82) is 0 Å². The second-order valence-corrected chi connectivity index (χ2v) is 13.4. The third-order valence-corrected chi connectivity index (χ3v) is 7.85. The molecule has 0 unspecified atom stereocenters. The fourth-order valence-electron chi connectivity index (χ4n) is 5.11. The molecule has 1 heterocycles. The number of ether oxygens (including phenoxy) is 1. The van der Waals surface area contributed by atoms with Crippen LogP contribution in [-0.4, -0.2) is 72.3 Å². The van der Waals surface area contributed by atoms with E-state index in [2.05, 4.69) is 33.5 Å². The average molecular weight is 638 g/mol. The summed E-state index contributed by atoms with van der Waals surface area (Å²) < 4.78 is 5.80. The molecule has 1 fully saturated rings. The molecule has 0 bridgehead atoms. The monoisotopic (exact) mass is 637 g/mol. The van der Waals surface area contributed by atoms with E-state index in [1.54, 1.807) is 27.7 Å². The zero-order valence-corrected chi connectivity index (χ0v) is 28.8. The van der Waals surface area contributed by atoms with Crippen LogP contribution in [0.25, 0.3) is 0 Å². The molecule has 12 nitrogen and oxygen atoms in total.